The number of hydrogen-bond donors (Lipinski definition) is 0. The molecule has 4 atom stereocenters. The van der Waals surface area contributed by atoms with Crippen LogP contribution in [0.15, 0.2) is 0 Å². The van der Waals surface area contributed by atoms with Crippen LogP contribution in [0.1, 0.15) is 26.7 Å². The van der Waals surface area contributed by atoms with Gasteiger partial charge in [0.1, 0.15) is 12.2 Å². The Balaban J connectivity index is 1.81. The van der Waals surface area contributed by atoms with Crippen molar-refractivity contribution in [3.05, 3.63) is 0 Å². The first-order valence-electron chi connectivity index (χ1n) is 4.67. The van der Waals surface area contributed by atoms with Crippen LogP contribution in [0.3, 0.4) is 0 Å². The van der Waals surface area contributed by atoms with Crippen molar-refractivity contribution in [1.82, 2.24) is 0 Å². The minimum Gasteiger partial charge on any atom is -0.367 e. The van der Waals surface area contributed by atoms with Crippen molar-refractivity contribution in [1.29, 1.82) is 0 Å². The molecular formula is C9H14O3. The molecule has 1 aliphatic carbocycles. The second kappa shape index (κ2) is 2.03. The van der Waals surface area contributed by atoms with Crippen LogP contribution in [0, 0.1) is 0 Å². The number of ether oxygens (including phenoxy) is 3. The fourth-order valence-corrected chi connectivity index (χ4v) is 2.37. The van der Waals surface area contributed by atoms with Crippen molar-refractivity contribution in [2.75, 3.05) is 0 Å². The van der Waals surface area contributed by atoms with Gasteiger partial charge in [0.25, 0.3) is 0 Å². The Labute approximate surface area is 72.0 Å². The van der Waals surface area contributed by atoms with Crippen molar-refractivity contribution in [2.24, 2.45) is 0 Å². The highest BCUT2D eigenvalue weighted by Gasteiger charge is 2.58. The third-order valence-electron chi connectivity index (χ3n) is 2.90. The fourth-order valence-electron chi connectivity index (χ4n) is 2.37. The van der Waals surface area contributed by atoms with E-state index in [9.17, 15) is 0 Å². The Morgan fingerprint density at radius 1 is 1.00 bits per heavy atom. The number of hydrogen-bond acceptors (Lipinski definition) is 3. The Hall–Kier alpha value is -0.120. The molecule has 0 unspecified atom stereocenters. The van der Waals surface area contributed by atoms with Crippen LogP contribution in [0.2, 0.25) is 0 Å². The molecule has 0 aromatic carbocycles. The molecule has 0 spiro atoms. The third-order valence-corrected chi connectivity index (χ3v) is 2.90. The van der Waals surface area contributed by atoms with Crippen molar-refractivity contribution >= 4 is 0 Å². The summed E-state index contributed by atoms with van der Waals surface area (Å²) in [5, 5.41) is 0. The van der Waals surface area contributed by atoms with Gasteiger partial charge >= 0.3 is 0 Å². The van der Waals surface area contributed by atoms with Crippen LogP contribution < -0.4 is 0 Å². The van der Waals surface area contributed by atoms with Crippen molar-refractivity contribution in [2.45, 2.75) is 56.9 Å². The highest BCUT2D eigenvalue weighted by atomic mass is 16.8. The number of rotatable bonds is 0. The van der Waals surface area contributed by atoms with Gasteiger partial charge in [-0.15, -0.1) is 0 Å². The molecule has 0 bridgehead atoms. The molecule has 1 saturated carbocycles. The molecule has 0 aromatic heterocycles. The van der Waals surface area contributed by atoms with Gasteiger partial charge in [0.05, 0.1) is 12.2 Å². The molecule has 68 valence electrons. The molecule has 0 aromatic rings. The SMILES string of the molecule is CC1(C)O[C@H]2[C@@H]3O[C@@H]3CC[C@H]2O1. The van der Waals surface area contributed by atoms with Crippen LogP contribution in [-0.4, -0.2) is 30.2 Å². The summed E-state index contributed by atoms with van der Waals surface area (Å²) in [5.74, 6) is -0.393. The lowest BCUT2D eigenvalue weighted by Crippen LogP contribution is -2.33. The summed E-state index contributed by atoms with van der Waals surface area (Å²) in [6, 6.07) is 0. The smallest absolute Gasteiger partial charge is 0.163 e. The Bertz CT molecular complexity index is 214. The van der Waals surface area contributed by atoms with Gasteiger partial charge in [-0.1, -0.05) is 0 Å². The highest BCUT2D eigenvalue weighted by molar-refractivity contribution is 5.03. The van der Waals surface area contributed by atoms with E-state index in [-0.39, 0.29) is 12.2 Å². The lowest BCUT2D eigenvalue weighted by atomic mass is 9.95. The van der Waals surface area contributed by atoms with Gasteiger partial charge in [0, 0.05) is 0 Å². The van der Waals surface area contributed by atoms with E-state index in [4.69, 9.17) is 14.2 Å². The minimum atomic E-state index is -0.393. The first-order chi connectivity index (χ1) is 5.66. The average molecular weight is 170 g/mol. The summed E-state index contributed by atoms with van der Waals surface area (Å²) in [6.45, 7) is 3.95. The molecule has 0 N–H and O–H groups in total. The number of epoxide rings is 1. The van der Waals surface area contributed by atoms with E-state index in [0.717, 1.165) is 12.8 Å². The summed E-state index contributed by atoms with van der Waals surface area (Å²) in [5.41, 5.74) is 0. The summed E-state index contributed by atoms with van der Waals surface area (Å²) in [4.78, 5) is 0. The zero-order valence-corrected chi connectivity index (χ0v) is 7.45. The second-order valence-electron chi connectivity index (χ2n) is 4.36. The molecule has 3 heteroatoms. The van der Waals surface area contributed by atoms with Gasteiger partial charge in [-0.05, 0) is 26.7 Å². The first kappa shape index (κ1) is 7.30. The zero-order chi connectivity index (χ0) is 8.34. The summed E-state index contributed by atoms with van der Waals surface area (Å²) < 4.78 is 17.0. The van der Waals surface area contributed by atoms with E-state index in [1.807, 2.05) is 13.8 Å². The lowest BCUT2D eigenvalue weighted by Gasteiger charge is -2.17. The van der Waals surface area contributed by atoms with E-state index in [1.54, 1.807) is 0 Å². The fraction of sp³-hybridized carbons (Fsp3) is 1.00. The van der Waals surface area contributed by atoms with Crippen LogP contribution in [0.25, 0.3) is 0 Å². The minimum absolute atomic E-state index is 0.207. The third kappa shape index (κ3) is 0.934. The van der Waals surface area contributed by atoms with E-state index in [0.29, 0.717) is 12.2 Å². The molecule has 2 heterocycles. The quantitative estimate of drug-likeness (QED) is 0.509. The van der Waals surface area contributed by atoms with Gasteiger partial charge in [0.2, 0.25) is 0 Å². The monoisotopic (exact) mass is 170 g/mol. The molecule has 3 rings (SSSR count). The Morgan fingerprint density at radius 3 is 2.58 bits per heavy atom. The van der Waals surface area contributed by atoms with Crippen molar-refractivity contribution in [3.8, 4) is 0 Å². The maximum atomic E-state index is 5.76. The van der Waals surface area contributed by atoms with Crippen molar-refractivity contribution < 1.29 is 14.2 Å². The largest absolute Gasteiger partial charge is 0.367 e. The van der Waals surface area contributed by atoms with E-state index >= 15 is 0 Å². The lowest BCUT2D eigenvalue weighted by molar-refractivity contribution is -0.147. The van der Waals surface area contributed by atoms with Crippen molar-refractivity contribution in [3.63, 3.8) is 0 Å². The van der Waals surface area contributed by atoms with E-state index < -0.39 is 5.79 Å². The number of fused-ring (bicyclic) bond motifs is 3. The average Bonchev–Trinajstić information content (AvgIpc) is 2.67. The van der Waals surface area contributed by atoms with Crippen LogP contribution in [0.4, 0.5) is 0 Å². The maximum Gasteiger partial charge on any atom is 0.163 e. The Morgan fingerprint density at radius 2 is 1.75 bits per heavy atom. The highest BCUT2D eigenvalue weighted by Crippen LogP contribution is 2.45. The molecule has 12 heavy (non-hydrogen) atoms. The normalized spacial score (nSPS) is 54.5. The molecule has 0 radical (unpaired) electrons. The molecule has 3 fully saturated rings. The van der Waals surface area contributed by atoms with Gasteiger partial charge in [0.15, 0.2) is 5.79 Å². The molecule has 0 amide bonds. The van der Waals surface area contributed by atoms with Gasteiger partial charge in [-0.3, -0.25) is 0 Å². The molecule has 3 aliphatic rings. The van der Waals surface area contributed by atoms with Crippen LogP contribution in [-0.2, 0) is 14.2 Å². The maximum absolute atomic E-state index is 5.76. The van der Waals surface area contributed by atoms with Crippen LogP contribution >= 0.6 is 0 Å². The van der Waals surface area contributed by atoms with Gasteiger partial charge in [-0.2, -0.15) is 0 Å². The van der Waals surface area contributed by atoms with E-state index in [2.05, 4.69) is 0 Å². The molecular weight excluding hydrogens is 156 g/mol. The molecule has 3 nitrogen and oxygen atoms in total. The molecule has 2 aliphatic heterocycles. The van der Waals surface area contributed by atoms with Crippen LogP contribution in [0.5, 0.6) is 0 Å². The standard InChI is InChI=1S/C9H14O3/c1-9(2)11-6-4-3-5-7(10-5)8(6)12-9/h5-8H,3-4H2,1-2H3/t5-,6-,7-,8-/m1/s1. The topological polar surface area (TPSA) is 31.0 Å². The zero-order valence-electron chi connectivity index (χ0n) is 7.45. The predicted octanol–water partition coefficient (Wildman–Crippen LogP) is 1.07. The summed E-state index contributed by atoms with van der Waals surface area (Å²) in [7, 11) is 0. The Kier molecular flexibility index (Phi) is 1.23. The molecule has 2 saturated heterocycles. The van der Waals surface area contributed by atoms with Gasteiger partial charge in [-0.25, -0.2) is 0 Å². The predicted molar refractivity (Wildman–Crippen MR) is 41.7 cm³/mol. The van der Waals surface area contributed by atoms with E-state index in [1.165, 1.54) is 0 Å². The first-order valence-corrected chi connectivity index (χ1v) is 4.67. The summed E-state index contributed by atoms with van der Waals surface area (Å²) >= 11 is 0. The second-order valence-corrected chi connectivity index (χ2v) is 4.36. The summed E-state index contributed by atoms with van der Waals surface area (Å²) in [6.07, 6.45) is 3.54. The van der Waals surface area contributed by atoms with Gasteiger partial charge < -0.3 is 14.2 Å².